The molecule has 2 unspecified atom stereocenters. The zero-order valence-electron chi connectivity index (χ0n) is 59.3. The summed E-state index contributed by atoms with van der Waals surface area (Å²) in [5.74, 6) is 2.55. The second kappa shape index (κ2) is 51.3. The number of fused-ring (bicyclic) bond motifs is 2. The fourth-order valence-electron chi connectivity index (χ4n) is 10.4. The van der Waals surface area contributed by atoms with E-state index in [4.69, 9.17) is 54.2 Å². The molecule has 99 heavy (non-hydrogen) atoms. The predicted octanol–water partition coefficient (Wildman–Crippen LogP) is 6.58. The van der Waals surface area contributed by atoms with E-state index in [1.165, 1.54) is 0 Å². The van der Waals surface area contributed by atoms with Crippen LogP contribution in [0, 0.1) is 11.8 Å². The first kappa shape index (κ1) is 83.8. The molecule has 5 amide bonds. The lowest BCUT2D eigenvalue weighted by molar-refractivity contribution is -0.122. The highest BCUT2D eigenvalue weighted by atomic mass is 35.5. The smallest absolute Gasteiger partial charge is 0.252 e. The van der Waals surface area contributed by atoms with E-state index in [0.29, 0.717) is 221 Å². The molecule has 6 rings (SSSR count). The Hall–Kier alpha value is -5.90. The van der Waals surface area contributed by atoms with Gasteiger partial charge >= 0.3 is 0 Å². The number of ether oxygens (including phenoxy) is 9. The summed E-state index contributed by atoms with van der Waals surface area (Å²) in [7, 11) is 1.64. The minimum Gasteiger partial charge on any atom is -0.394 e. The van der Waals surface area contributed by atoms with Crippen molar-refractivity contribution in [2.45, 2.75) is 161 Å². The normalized spacial score (nSPS) is 15.3. The van der Waals surface area contributed by atoms with Crippen molar-refractivity contribution < 1.29 is 71.7 Å². The van der Waals surface area contributed by atoms with Crippen LogP contribution in [0.2, 0.25) is 5.02 Å². The Morgan fingerprint density at radius 1 is 0.697 bits per heavy atom. The molecule has 29 nitrogen and oxygen atoms in total. The van der Waals surface area contributed by atoms with Crippen LogP contribution in [0.5, 0.6) is 0 Å². The van der Waals surface area contributed by atoms with Gasteiger partial charge in [-0.2, -0.15) is 21.7 Å². The molecule has 0 spiro atoms. The van der Waals surface area contributed by atoms with Gasteiger partial charge in [0.25, 0.3) is 5.91 Å². The summed E-state index contributed by atoms with van der Waals surface area (Å²) >= 11 is 8.50. The van der Waals surface area contributed by atoms with Gasteiger partial charge in [-0.3, -0.25) is 24.0 Å². The van der Waals surface area contributed by atoms with Crippen molar-refractivity contribution in [1.82, 2.24) is 61.1 Å². The molecule has 558 valence electrons. The molecule has 2 fully saturated rings. The zero-order valence-corrected chi connectivity index (χ0v) is 60.9. The van der Waals surface area contributed by atoms with Gasteiger partial charge in [0.15, 0.2) is 17.0 Å². The van der Waals surface area contributed by atoms with Gasteiger partial charge in [0.05, 0.1) is 155 Å². The number of nitrogens with one attached hydrogen (secondary N) is 7. The Labute approximate surface area is 593 Å². The van der Waals surface area contributed by atoms with E-state index in [9.17, 15) is 29.1 Å². The van der Waals surface area contributed by atoms with Gasteiger partial charge in [-0.15, -0.1) is 5.10 Å². The third kappa shape index (κ3) is 35.0. The second-order valence-corrected chi connectivity index (χ2v) is 26.4. The van der Waals surface area contributed by atoms with Gasteiger partial charge < -0.3 is 89.5 Å². The Balaban J connectivity index is 0.000000359. The molecule has 0 saturated carbocycles. The molecule has 8 N–H and O–H groups in total. The number of imidazole rings is 1. The summed E-state index contributed by atoms with van der Waals surface area (Å²) < 4.78 is 52.2. The number of nitrogens with zero attached hydrogens (tertiary/aromatic N) is 7. The number of methoxy groups -OCH3 is 1. The van der Waals surface area contributed by atoms with Gasteiger partial charge in [0.2, 0.25) is 29.6 Å². The molecule has 0 bridgehead atoms. The summed E-state index contributed by atoms with van der Waals surface area (Å²) in [5, 5.41) is 40.1. The fourth-order valence-corrected chi connectivity index (χ4v) is 12.3. The van der Waals surface area contributed by atoms with E-state index < -0.39 is 0 Å². The first-order valence-electron chi connectivity index (χ1n) is 35.4. The molecule has 2 aliphatic rings. The van der Waals surface area contributed by atoms with Crippen molar-refractivity contribution in [3.63, 3.8) is 0 Å². The largest absolute Gasteiger partial charge is 0.394 e. The summed E-state index contributed by atoms with van der Waals surface area (Å²) in [6.45, 7) is 21.2. The highest BCUT2D eigenvalue weighted by Gasteiger charge is 2.42. The molecule has 31 heteroatoms. The topological polar surface area (TPSA) is 347 Å². The van der Waals surface area contributed by atoms with Crippen LogP contribution in [-0.2, 0) is 74.9 Å². The number of rotatable bonds is 56. The quantitative estimate of drug-likeness (QED) is 0.0216. The van der Waals surface area contributed by atoms with Crippen LogP contribution in [0.3, 0.4) is 0 Å². The molecule has 5 heterocycles. The average molecular weight is 1430 g/mol. The van der Waals surface area contributed by atoms with Gasteiger partial charge in [0, 0.05) is 82.1 Å². The van der Waals surface area contributed by atoms with Crippen molar-refractivity contribution in [2.75, 3.05) is 162 Å². The maximum atomic E-state index is 12.8. The lowest BCUT2D eigenvalue weighted by Gasteiger charge is -2.20. The standard InChI is InChI=1S/C35H56ClN7O9.C33H57N7O6S/c1-25(2)30(23-44)40-35-41-32(31-33(42-35)43(24-38-31)26(3)4)39-27-6-7-28(29(36)22-27)34(45)37-8-9-47-12-13-49-16-17-51-20-21-52-19-18-50-15-14-48-11-10-46-5;1-2-18-45-20-21-46-19-17-40-24-27(38-39-40)23-36-31(43)13-6-4-10-15-34-29(41)12-5-3-9-16-35-30(42)14-8-7-11-28-33-26(25-47-28)22-32(44)37-33/h6-7,22,24-26,30,44H,8-21,23H2,1-5H3,(H,37,45)(H2,39,40,41,42);24,26,28,33H,2-23,25H2,1H3,(H,34,41)(H,35,42)(H,36,43)(H,37,44)/t30-;26?,28-,33?/m10/s1. The Bertz CT molecular complexity index is 2900. The number of halogens is 1. The number of carbonyl (C=O) groups is 5. The van der Waals surface area contributed by atoms with Crippen molar-refractivity contribution >= 4 is 81.5 Å². The van der Waals surface area contributed by atoms with Crippen LogP contribution in [0.1, 0.15) is 147 Å². The average Bonchev–Trinajstić information content (AvgIpc) is 1.68. The van der Waals surface area contributed by atoms with Crippen LogP contribution in [0.4, 0.5) is 17.5 Å². The van der Waals surface area contributed by atoms with Crippen LogP contribution < -0.4 is 37.2 Å². The number of hydrogen-bond donors (Lipinski definition) is 8. The third-order valence-electron chi connectivity index (χ3n) is 16.0. The molecule has 3 aromatic heterocycles. The minimum atomic E-state index is -0.316. The first-order valence-corrected chi connectivity index (χ1v) is 36.8. The van der Waals surface area contributed by atoms with Gasteiger partial charge in [-0.05, 0) is 94.6 Å². The lowest BCUT2D eigenvalue weighted by atomic mass is 9.97. The van der Waals surface area contributed by atoms with Crippen molar-refractivity contribution in [2.24, 2.45) is 11.8 Å². The number of unbranched alkanes of at least 4 members (excludes halogenated alkanes) is 5. The number of hydrogen-bond acceptors (Lipinski definition) is 23. The van der Waals surface area contributed by atoms with Crippen LogP contribution >= 0.6 is 23.4 Å². The SMILES string of the molecule is CCCOCCOCCn1cc(CNC(=O)CCCCCNC(=O)CCCCCNC(=O)CCCC[C@@H]2SCC3CC(=O)NC32)nn1.COCCOCCOCCOCCOCCOCCOCCNC(=O)c1ccc(Nc2nc(N[C@H](CO)C(C)C)nc3c2ncn3C(C)C)cc1Cl. The predicted molar refractivity (Wildman–Crippen MR) is 380 cm³/mol. The molecule has 4 atom stereocenters. The number of aliphatic hydroxyl groups is 1. The first-order chi connectivity index (χ1) is 48.2. The number of amides is 5. The zero-order chi connectivity index (χ0) is 71.1. The van der Waals surface area contributed by atoms with E-state index in [0.717, 1.165) is 76.6 Å². The fraction of sp³-hybridized carbons (Fsp3) is 0.735. The molecule has 2 saturated heterocycles. The Kier molecular flexibility index (Phi) is 43.4. The number of benzene rings is 1. The molecule has 4 aromatic rings. The lowest BCUT2D eigenvalue weighted by Crippen LogP contribution is -2.34. The minimum absolute atomic E-state index is 0.0204. The molecule has 1 aromatic carbocycles. The van der Waals surface area contributed by atoms with E-state index in [-0.39, 0.29) is 59.2 Å². The summed E-state index contributed by atoms with van der Waals surface area (Å²) in [6.07, 6.45) is 14.7. The maximum absolute atomic E-state index is 12.8. The van der Waals surface area contributed by atoms with Crippen molar-refractivity contribution in [3.8, 4) is 0 Å². The van der Waals surface area contributed by atoms with Crippen molar-refractivity contribution in [3.05, 3.63) is 47.0 Å². The highest BCUT2D eigenvalue weighted by Crippen LogP contribution is 2.39. The van der Waals surface area contributed by atoms with E-state index >= 15 is 0 Å². The van der Waals surface area contributed by atoms with E-state index in [1.54, 1.807) is 36.3 Å². The third-order valence-corrected chi connectivity index (χ3v) is 17.9. The Morgan fingerprint density at radius 3 is 1.85 bits per heavy atom. The molecule has 0 radical (unpaired) electrons. The maximum Gasteiger partial charge on any atom is 0.252 e. The van der Waals surface area contributed by atoms with E-state index in [1.807, 2.05) is 50.2 Å². The Morgan fingerprint density at radius 2 is 1.27 bits per heavy atom. The highest BCUT2D eigenvalue weighted by molar-refractivity contribution is 8.00. The number of thioether (sulfide) groups is 1. The number of aromatic nitrogens is 7. The number of anilines is 3. The second-order valence-electron chi connectivity index (χ2n) is 24.7. The monoisotopic (exact) mass is 1430 g/mol. The van der Waals surface area contributed by atoms with Gasteiger partial charge in [-0.25, -0.2) is 9.67 Å². The van der Waals surface area contributed by atoms with Crippen molar-refractivity contribution in [1.29, 1.82) is 0 Å². The molecule has 2 aliphatic heterocycles. The van der Waals surface area contributed by atoms with E-state index in [2.05, 4.69) is 69.4 Å². The molecule has 0 aliphatic carbocycles. The summed E-state index contributed by atoms with van der Waals surface area (Å²) in [5.41, 5.74) is 2.88. The van der Waals surface area contributed by atoms with Crippen LogP contribution in [-0.4, -0.2) is 238 Å². The van der Waals surface area contributed by atoms with Crippen LogP contribution in [0.25, 0.3) is 11.2 Å². The molecular formula is C68H113ClN14O15S. The number of aliphatic hydroxyl groups excluding tert-OH is 1. The summed E-state index contributed by atoms with van der Waals surface area (Å²) in [6, 6.07) is 5.27. The van der Waals surface area contributed by atoms with Gasteiger partial charge in [-0.1, -0.05) is 56.8 Å². The summed E-state index contributed by atoms with van der Waals surface area (Å²) in [4.78, 5) is 74.7. The number of carbonyl (C=O) groups excluding carboxylic acids is 5. The molecular weight excluding hydrogens is 1320 g/mol. The van der Waals surface area contributed by atoms with Gasteiger partial charge in [0.1, 0.15) is 5.69 Å². The van der Waals surface area contributed by atoms with Crippen LogP contribution in [0.15, 0.2) is 30.7 Å².